The Morgan fingerprint density at radius 1 is 1.08 bits per heavy atom. The molecule has 0 saturated carbocycles. The molecule has 0 spiro atoms. The molecule has 1 aliphatic rings. The average Bonchev–Trinajstić information content (AvgIpc) is 2.50. The van der Waals surface area contributed by atoms with E-state index in [0.717, 1.165) is 6.07 Å². The Balaban J connectivity index is 2.22. The number of hydrogen-bond donors (Lipinski definition) is 6. The Morgan fingerprint density at radius 3 is 2.33 bits per heavy atom. The molecule has 0 aliphatic carbocycles. The van der Waals surface area contributed by atoms with Crippen molar-refractivity contribution < 1.29 is 49.7 Å². The number of phenolic OH excluding ortho intramolecular Hbond substituents is 1. The average molecular weight is 344 g/mol. The molecule has 1 aliphatic heterocycles. The van der Waals surface area contributed by atoms with Crippen molar-refractivity contribution >= 4 is 11.9 Å². The zero-order valence-corrected chi connectivity index (χ0v) is 12.1. The highest BCUT2D eigenvalue weighted by Gasteiger charge is 2.48. The number of carbonyl (C=O) groups is 2. The summed E-state index contributed by atoms with van der Waals surface area (Å²) in [5, 5.41) is 56.6. The second-order valence-electron chi connectivity index (χ2n) is 5.23. The summed E-state index contributed by atoms with van der Waals surface area (Å²) in [7, 11) is 0. The third-order valence-corrected chi connectivity index (χ3v) is 3.44. The lowest BCUT2D eigenvalue weighted by Crippen LogP contribution is -2.61. The van der Waals surface area contributed by atoms with Crippen LogP contribution in [-0.4, -0.2) is 73.3 Å². The second kappa shape index (κ2) is 7.01. The first-order chi connectivity index (χ1) is 11.2. The minimum Gasteiger partial charge on any atom is -0.504 e. The summed E-state index contributed by atoms with van der Waals surface area (Å²) < 4.78 is 10.1. The van der Waals surface area contributed by atoms with Crippen LogP contribution in [0.4, 0.5) is 0 Å². The molecule has 1 aromatic rings. The minimum absolute atomic E-state index is 0.273. The first-order valence-electron chi connectivity index (χ1n) is 6.83. The summed E-state index contributed by atoms with van der Waals surface area (Å²) in [6.45, 7) is 0. The van der Waals surface area contributed by atoms with Gasteiger partial charge in [0.15, 0.2) is 17.6 Å². The molecule has 0 bridgehead atoms. The molecule has 10 nitrogen and oxygen atoms in total. The number of ether oxygens (including phenoxy) is 2. The Labute approximate surface area is 135 Å². The van der Waals surface area contributed by atoms with Crippen molar-refractivity contribution in [2.45, 2.75) is 37.1 Å². The second-order valence-corrected chi connectivity index (χ2v) is 5.23. The van der Waals surface area contributed by atoms with Crippen LogP contribution in [0.25, 0.3) is 0 Å². The van der Waals surface area contributed by atoms with Crippen LogP contribution < -0.4 is 4.74 Å². The normalized spacial score (nSPS) is 29.9. The standard InChI is InChI=1S/C14H16O10/c15-6-2-1-5(4-8(16)17)3-7(6)23-14-11(20)9(18)10(19)12(24-14)13(21)22/h1-3,9-12,14-15,18-20H,4H2,(H,16,17)(H,21,22). The molecule has 24 heavy (non-hydrogen) atoms. The van der Waals surface area contributed by atoms with E-state index in [1.54, 1.807) is 0 Å². The van der Waals surface area contributed by atoms with E-state index in [1.807, 2.05) is 0 Å². The number of carboxylic acids is 2. The molecule has 1 aromatic carbocycles. The molecule has 5 unspecified atom stereocenters. The molecule has 2 rings (SSSR count). The van der Waals surface area contributed by atoms with Crippen LogP contribution in [0.1, 0.15) is 5.56 Å². The quantitative estimate of drug-likeness (QED) is 0.361. The summed E-state index contributed by atoms with van der Waals surface area (Å²) in [5.74, 6) is -3.38. The van der Waals surface area contributed by atoms with Gasteiger partial charge in [-0.15, -0.1) is 0 Å². The van der Waals surface area contributed by atoms with Gasteiger partial charge in [0.25, 0.3) is 0 Å². The fraction of sp³-hybridized carbons (Fsp3) is 0.429. The minimum atomic E-state index is -1.87. The SMILES string of the molecule is O=C(O)Cc1ccc(O)c(OC2OC(C(=O)O)C(O)C(O)C2O)c1. The van der Waals surface area contributed by atoms with Crippen LogP contribution in [0.5, 0.6) is 11.5 Å². The molecule has 1 fully saturated rings. The zero-order valence-electron chi connectivity index (χ0n) is 12.1. The van der Waals surface area contributed by atoms with Gasteiger partial charge in [-0.2, -0.15) is 0 Å². The number of carboxylic acid groups (broad SMARTS) is 2. The number of phenols is 1. The molecule has 1 saturated heterocycles. The largest absolute Gasteiger partial charge is 0.504 e. The molecular weight excluding hydrogens is 328 g/mol. The number of aliphatic carboxylic acids is 2. The molecule has 0 amide bonds. The fourth-order valence-electron chi connectivity index (χ4n) is 2.21. The number of benzene rings is 1. The predicted octanol–water partition coefficient (Wildman–Crippen LogP) is -1.71. The summed E-state index contributed by atoms with van der Waals surface area (Å²) in [6.07, 6.45) is -9.42. The molecular formula is C14H16O10. The first kappa shape index (κ1) is 17.9. The van der Waals surface area contributed by atoms with E-state index in [2.05, 4.69) is 0 Å². The summed E-state index contributed by atoms with van der Waals surface area (Å²) in [5.41, 5.74) is 0.274. The van der Waals surface area contributed by atoms with Crippen LogP contribution in [0, 0.1) is 0 Å². The highest BCUT2D eigenvalue weighted by molar-refractivity contribution is 5.73. The molecule has 0 radical (unpaired) electrons. The van der Waals surface area contributed by atoms with Gasteiger partial charge in [-0.1, -0.05) is 6.07 Å². The van der Waals surface area contributed by atoms with Crippen molar-refractivity contribution in [3.8, 4) is 11.5 Å². The number of aromatic hydroxyl groups is 1. The zero-order chi connectivity index (χ0) is 18.0. The molecule has 6 N–H and O–H groups in total. The predicted molar refractivity (Wildman–Crippen MR) is 74.4 cm³/mol. The van der Waals surface area contributed by atoms with Crippen molar-refractivity contribution in [1.29, 1.82) is 0 Å². The topological polar surface area (TPSA) is 174 Å². The van der Waals surface area contributed by atoms with E-state index < -0.39 is 48.4 Å². The molecule has 5 atom stereocenters. The smallest absolute Gasteiger partial charge is 0.335 e. The lowest BCUT2D eigenvalue weighted by molar-refractivity contribution is -0.271. The molecule has 132 valence electrons. The van der Waals surface area contributed by atoms with Crippen molar-refractivity contribution in [1.82, 2.24) is 0 Å². The van der Waals surface area contributed by atoms with Gasteiger partial charge in [0, 0.05) is 0 Å². The van der Waals surface area contributed by atoms with Gasteiger partial charge < -0.3 is 40.1 Å². The van der Waals surface area contributed by atoms with E-state index in [-0.39, 0.29) is 17.7 Å². The van der Waals surface area contributed by atoms with E-state index in [4.69, 9.17) is 19.7 Å². The molecule has 0 aromatic heterocycles. The maximum Gasteiger partial charge on any atom is 0.335 e. The van der Waals surface area contributed by atoms with Gasteiger partial charge in [0.2, 0.25) is 6.29 Å². The number of hydrogen-bond acceptors (Lipinski definition) is 8. The summed E-state index contributed by atoms with van der Waals surface area (Å²) >= 11 is 0. The Hall–Kier alpha value is -2.40. The number of aliphatic hydroxyl groups excluding tert-OH is 3. The van der Waals surface area contributed by atoms with Crippen LogP contribution in [0.3, 0.4) is 0 Å². The van der Waals surface area contributed by atoms with Crippen LogP contribution in [-0.2, 0) is 20.7 Å². The lowest BCUT2D eigenvalue weighted by Gasteiger charge is -2.38. The van der Waals surface area contributed by atoms with E-state index in [9.17, 15) is 30.0 Å². The number of rotatable bonds is 5. The summed E-state index contributed by atoms with van der Waals surface area (Å²) in [6, 6.07) is 3.67. The fourth-order valence-corrected chi connectivity index (χ4v) is 2.21. The molecule has 10 heteroatoms. The van der Waals surface area contributed by atoms with Gasteiger partial charge in [-0.05, 0) is 17.7 Å². The van der Waals surface area contributed by atoms with Crippen molar-refractivity contribution in [3.63, 3.8) is 0 Å². The summed E-state index contributed by atoms with van der Waals surface area (Å²) in [4.78, 5) is 21.7. The maximum atomic E-state index is 11.0. The van der Waals surface area contributed by atoms with Gasteiger partial charge in [0.1, 0.15) is 18.3 Å². The van der Waals surface area contributed by atoms with Crippen LogP contribution in [0.15, 0.2) is 18.2 Å². The van der Waals surface area contributed by atoms with Crippen molar-refractivity contribution in [2.75, 3.05) is 0 Å². The highest BCUT2D eigenvalue weighted by Crippen LogP contribution is 2.31. The molecule has 1 heterocycles. The third kappa shape index (κ3) is 3.74. The van der Waals surface area contributed by atoms with Gasteiger partial charge in [-0.3, -0.25) is 4.79 Å². The van der Waals surface area contributed by atoms with E-state index in [1.165, 1.54) is 12.1 Å². The van der Waals surface area contributed by atoms with Gasteiger partial charge in [-0.25, -0.2) is 4.79 Å². The third-order valence-electron chi connectivity index (χ3n) is 3.44. The van der Waals surface area contributed by atoms with Crippen molar-refractivity contribution in [2.24, 2.45) is 0 Å². The Kier molecular flexibility index (Phi) is 5.24. The number of aliphatic hydroxyl groups is 3. The Bertz CT molecular complexity index is 630. The monoisotopic (exact) mass is 344 g/mol. The first-order valence-corrected chi connectivity index (χ1v) is 6.83. The highest BCUT2D eigenvalue weighted by atomic mass is 16.7. The lowest BCUT2D eigenvalue weighted by atomic mass is 9.99. The van der Waals surface area contributed by atoms with E-state index >= 15 is 0 Å². The van der Waals surface area contributed by atoms with Gasteiger partial charge in [0.05, 0.1) is 6.42 Å². The maximum absolute atomic E-state index is 11.0. The Morgan fingerprint density at radius 2 is 1.75 bits per heavy atom. The van der Waals surface area contributed by atoms with E-state index in [0.29, 0.717) is 0 Å². The van der Waals surface area contributed by atoms with Crippen LogP contribution in [0.2, 0.25) is 0 Å². The van der Waals surface area contributed by atoms with Crippen molar-refractivity contribution in [3.05, 3.63) is 23.8 Å². The van der Waals surface area contributed by atoms with Crippen LogP contribution >= 0.6 is 0 Å². The van der Waals surface area contributed by atoms with Gasteiger partial charge >= 0.3 is 11.9 Å².